The van der Waals surface area contributed by atoms with E-state index in [1.165, 1.54) is 5.56 Å². The normalized spacial score (nSPS) is 15.0. The summed E-state index contributed by atoms with van der Waals surface area (Å²) < 4.78 is 1.91. The van der Waals surface area contributed by atoms with E-state index < -0.39 is 0 Å². The molecule has 1 aliphatic heterocycles. The molecule has 156 valence electrons. The molecule has 0 bridgehead atoms. The van der Waals surface area contributed by atoms with Crippen molar-refractivity contribution in [3.63, 3.8) is 0 Å². The first-order valence-corrected chi connectivity index (χ1v) is 10.8. The molecule has 5 nitrogen and oxygen atoms in total. The Balaban J connectivity index is 1.48. The van der Waals surface area contributed by atoms with Crippen LogP contribution < -0.4 is 0 Å². The van der Waals surface area contributed by atoms with Crippen LogP contribution in [-0.4, -0.2) is 58.2 Å². The summed E-state index contributed by atoms with van der Waals surface area (Å²) in [6.45, 7) is 9.83. The fourth-order valence-electron chi connectivity index (χ4n) is 4.11. The molecule has 0 N–H and O–H groups in total. The van der Waals surface area contributed by atoms with Crippen LogP contribution in [0.4, 0.5) is 0 Å². The van der Waals surface area contributed by atoms with Crippen LogP contribution >= 0.6 is 0 Å². The van der Waals surface area contributed by atoms with E-state index in [2.05, 4.69) is 48.1 Å². The lowest BCUT2D eigenvalue weighted by Crippen LogP contribution is -2.49. The predicted octanol–water partition coefficient (Wildman–Crippen LogP) is 4.01. The number of hydrogen-bond donors (Lipinski definition) is 0. The molecule has 1 aliphatic rings. The number of carbonyl (C=O) groups excluding carboxylic acids is 1. The first-order valence-electron chi connectivity index (χ1n) is 10.8. The Bertz CT molecular complexity index is 955. The first kappa shape index (κ1) is 20.4. The van der Waals surface area contributed by atoms with E-state index in [4.69, 9.17) is 0 Å². The van der Waals surface area contributed by atoms with Gasteiger partial charge in [-0.05, 0) is 34.7 Å². The summed E-state index contributed by atoms with van der Waals surface area (Å²) in [5.74, 6) is 0.791. The third-order valence-corrected chi connectivity index (χ3v) is 5.61. The number of aromatic nitrogens is 2. The van der Waals surface area contributed by atoms with Crippen molar-refractivity contribution in [2.75, 3.05) is 32.7 Å². The summed E-state index contributed by atoms with van der Waals surface area (Å²) in [5, 5.41) is 4.27. The van der Waals surface area contributed by atoms with E-state index in [9.17, 15) is 4.79 Å². The fourth-order valence-corrected chi connectivity index (χ4v) is 4.11. The number of hydrogen-bond acceptors (Lipinski definition) is 3. The zero-order valence-corrected chi connectivity index (χ0v) is 17.9. The van der Waals surface area contributed by atoms with E-state index in [-0.39, 0.29) is 5.91 Å². The van der Waals surface area contributed by atoms with Gasteiger partial charge in [-0.25, -0.2) is 0 Å². The van der Waals surface area contributed by atoms with Gasteiger partial charge in [-0.3, -0.25) is 14.4 Å². The van der Waals surface area contributed by atoms with Gasteiger partial charge in [0.2, 0.25) is 0 Å². The fraction of sp³-hybridized carbons (Fsp3) is 0.360. The minimum absolute atomic E-state index is 0.135. The molecule has 0 unspecified atom stereocenters. The predicted molar refractivity (Wildman–Crippen MR) is 120 cm³/mol. The van der Waals surface area contributed by atoms with Crippen molar-refractivity contribution in [1.29, 1.82) is 0 Å². The highest BCUT2D eigenvalue weighted by Crippen LogP contribution is 2.26. The summed E-state index contributed by atoms with van der Waals surface area (Å²) in [4.78, 5) is 17.8. The minimum Gasteiger partial charge on any atom is -0.336 e. The van der Waals surface area contributed by atoms with Crippen molar-refractivity contribution in [3.8, 4) is 11.1 Å². The Morgan fingerprint density at radius 1 is 0.967 bits per heavy atom. The Hall–Kier alpha value is -2.92. The largest absolute Gasteiger partial charge is 0.336 e. The van der Waals surface area contributed by atoms with Gasteiger partial charge in [0.15, 0.2) is 0 Å². The monoisotopic (exact) mass is 402 g/mol. The number of amides is 1. The van der Waals surface area contributed by atoms with Crippen molar-refractivity contribution in [3.05, 3.63) is 78.1 Å². The third-order valence-electron chi connectivity index (χ3n) is 5.61. The van der Waals surface area contributed by atoms with Gasteiger partial charge in [-0.1, -0.05) is 56.3 Å². The molecule has 0 spiro atoms. The van der Waals surface area contributed by atoms with Gasteiger partial charge in [0.1, 0.15) is 0 Å². The molecule has 0 saturated carbocycles. The molecule has 1 aromatic heterocycles. The Kier molecular flexibility index (Phi) is 6.29. The first-order chi connectivity index (χ1) is 14.6. The van der Waals surface area contributed by atoms with E-state index >= 15 is 0 Å². The Labute approximate surface area is 178 Å². The number of piperazine rings is 1. The van der Waals surface area contributed by atoms with Crippen LogP contribution in [0, 0.1) is 5.92 Å². The zero-order valence-electron chi connectivity index (χ0n) is 17.9. The molecule has 4 rings (SSSR count). The van der Waals surface area contributed by atoms with Crippen molar-refractivity contribution < 1.29 is 4.79 Å². The second-order valence-corrected chi connectivity index (χ2v) is 8.43. The van der Waals surface area contributed by atoms with E-state index in [1.54, 1.807) is 6.20 Å². The maximum Gasteiger partial charge on any atom is 0.254 e. The molecule has 1 saturated heterocycles. The zero-order chi connectivity index (χ0) is 20.9. The molecule has 30 heavy (non-hydrogen) atoms. The van der Waals surface area contributed by atoms with Gasteiger partial charge >= 0.3 is 0 Å². The lowest BCUT2D eigenvalue weighted by atomic mass is 9.97. The molecule has 1 fully saturated rings. The minimum atomic E-state index is 0.135. The molecular weight excluding hydrogens is 372 g/mol. The molecule has 2 heterocycles. The van der Waals surface area contributed by atoms with Gasteiger partial charge in [0, 0.05) is 50.7 Å². The SMILES string of the molecule is CC(C)CN1CCN(C(=O)c2ccccc2-c2ccc(Cn3cccn3)cc2)CC1. The summed E-state index contributed by atoms with van der Waals surface area (Å²) in [5.41, 5.74) is 4.04. The molecule has 0 aliphatic carbocycles. The van der Waals surface area contributed by atoms with E-state index in [1.807, 2.05) is 46.1 Å². The average Bonchev–Trinajstić information content (AvgIpc) is 3.27. The van der Waals surface area contributed by atoms with Gasteiger partial charge < -0.3 is 4.90 Å². The van der Waals surface area contributed by atoms with Crippen LogP contribution in [0.2, 0.25) is 0 Å². The number of benzene rings is 2. The quantitative estimate of drug-likeness (QED) is 0.626. The summed E-state index contributed by atoms with van der Waals surface area (Å²) in [6, 6.07) is 18.3. The summed E-state index contributed by atoms with van der Waals surface area (Å²) >= 11 is 0. The molecule has 1 amide bonds. The smallest absolute Gasteiger partial charge is 0.254 e. The lowest BCUT2D eigenvalue weighted by Gasteiger charge is -2.35. The molecule has 3 aromatic rings. The maximum absolute atomic E-state index is 13.3. The highest BCUT2D eigenvalue weighted by Gasteiger charge is 2.24. The second kappa shape index (κ2) is 9.26. The third kappa shape index (κ3) is 4.79. The van der Waals surface area contributed by atoms with Crippen LogP contribution in [-0.2, 0) is 6.54 Å². The Morgan fingerprint density at radius 2 is 1.70 bits per heavy atom. The molecule has 0 atom stereocenters. The van der Waals surface area contributed by atoms with Gasteiger partial charge in [0.05, 0.1) is 6.54 Å². The summed E-state index contributed by atoms with van der Waals surface area (Å²) in [7, 11) is 0. The van der Waals surface area contributed by atoms with E-state index in [0.29, 0.717) is 5.92 Å². The van der Waals surface area contributed by atoms with E-state index in [0.717, 1.165) is 56.0 Å². The molecule has 0 radical (unpaired) electrons. The lowest BCUT2D eigenvalue weighted by molar-refractivity contribution is 0.0624. The second-order valence-electron chi connectivity index (χ2n) is 8.43. The summed E-state index contributed by atoms with van der Waals surface area (Å²) in [6.07, 6.45) is 3.75. The van der Waals surface area contributed by atoms with Gasteiger partial charge in [-0.2, -0.15) is 5.10 Å². The van der Waals surface area contributed by atoms with Crippen molar-refractivity contribution in [2.45, 2.75) is 20.4 Å². The van der Waals surface area contributed by atoms with Gasteiger partial charge in [0.25, 0.3) is 5.91 Å². The number of carbonyl (C=O) groups is 1. The highest BCUT2D eigenvalue weighted by molar-refractivity contribution is 6.01. The standard InChI is InChI=1S/C25H30N4O/c1-20(2)18-27-14-16-28(17-15-27)25(30)24-7-4-3-6-23(24)22-10-8-21(9-11-22)19-29-13-5-12-26-29/h3-13,20H,14-19H2,1-2H3. The highest BCUT2D eigenvalue weighted by atomic mass is 16.2. The van der Waals surface area contributed by atoms with Crippen LogP contribution in [0.25, 0.3) is 11.1 Å². The molecule has 2 aromatic carbocycles. The van der Waals surface area contributed by atoms with Crippen molar-refractivity contribution >= 4 is 5.91 Å². The topological polar surface area (TPSA) is 41.4 Å². The van der Waals surface area contributed by atoms with Crippen molar-refractivity contribution in [1.82, 2.24) is 19.6 Å². The van der Waals surface area contributed by atoms with Crippen LogP contribution in [0.5, 0.6) is 0 Å². The Morgan fingerprint density at radius 3 is 2.37 bits per heavy atom. The van der Waals surface area contributed by atoms with Crippen LogP contribution in [0.3, 0.4) is 0 Å². The number of rotatable bonds is 6. The van der Waals surface area contributed by atoms with Crippen LogP contribution in [0.15, 0.2) is 67.0 Å². The van der Waals surface area contributed by atoms with Crippen molar-refractivity contribution in [2.24, 2.45) is 5.92 Å². The number of nitrogens with zero attached hydrogens (tertiary/aromatic N) is 4. The molecular formula is C25H30N4O. The average molecular weight is 403 g/mol. The van der Waals surface area contributed by atoms with Crippen LogP contribution in [0.1, 0.15) is 29.8 Å². The molecule has 5 heteroatoms. The maximum atomic E-state index is 13.3. The van der Waals surface area contributed by atoms with Gasteiger partial charge in [-0.15, -0.1) is 0 Å².